The first-order valence-electron chi connectivity index (χ1n) is 11.5. The Hall–Kier alpha value is -2.37. The lowest BCUT2D eigenvalue weighted by Crippen LogP contribution is -2.59. The van der Waals surface area contributed by atoms with Crippen molar-refractivity contribution in [2.45, 2.75) is 51.2 Å². The first-order chi connectivity index (χ1) is 15.3. The zero-order valence-electron chi connectivity index (χ0n) is 18.6. The summed E-state index contributed by atoms with van der Waals surface area (Å²) in [6.45, 7) is 4.94. The van der Waals surface area contributed by atoms with Gasteiger partial charge in [0.2, 0.25) is 0 Å². The molecular formula is C27H30FNO3. The number of epoxide rings is 1. The van der Waals surface area contributed by atoms with Gasteiger partial charge in [-0.1, -0.05) is 38.1 Å². The van der Waals surface area contributed by atoms with E-state index in [4.69, 9.17) is 4.74 Å². The van der Waals surface area contributed by atoms with Gasteiger partial charge >= 0.3 is 0 Å². The highest BCUT2D eigenvalue weighted by Gasteiger charge is 2.66. The van der Waals surface area contributed by atoms with Gasteiger partial charge in [0.15, 0.2) is 0 Å². The number of nitrogens with zero attached hydrogens (tertiary/aromatic N) is 1. The molecule has 1 spiro atoms. The Morgan fingerprint density at radius 2 is 1.97 bits per heavy atom. The van der Waals surface area contributed by atoms with E-state index in [2.05, 4.69) is 18.0 Å². The highest BCUT2D eigenvalue weighted by atomic mass is 19.1. The summed E-state index contributed by atoms with van der Waals surface area (Å²) in [5.74, 6) is 0.00971. The van der Waals surface area contributed by atoms with Gasteiger partial charge in [-0.25, -0.2) is 4.39 Å². The number of aromatic nitrogens is 1. The Morgan fingerprint density at radius 3 is 2.62 bits per heavy atom. The van der Waals surface area contributed by atoms with Crippen molar-refractivity contribution in [1.29, 1.82) is 0 Å². The third kappa shape index (κ3) is 3.34. The molecule has 3 fully saturated rings. The van der Waals surface area contributed by atoms with Gasteiger partial charge in [-0.3, -0.25) is 4.98 Å². The number of hydrogen-bond acceptors (Lipinski definition) is 4. The van der Waals surface area contributed by atoms with E-state index < -0.39 is 11.5 Å². The highest BCUT2D eigenvalue weighted by Crippen LogP contribution is 2.65. The fourth-order valence-electron chi connectivity index (χ4n) is 6.54. The number of ether oxygens (including phenoxy) is 1. The highest BCUT2D eigenvalue weighted by molar-refractivity contribution is 5.64. The summed E-state index contributed by atoms with van der Waals surface area (Å²) in [7, 11) is 0. The van der Waals surface area contributed by atoms with Crippen molar-refractivity contribution < 1.29 is 19.0 Å². The number of aliphatic hydroxyl groups is 1. The van der Waals surface area contributed by atoms with Crippen LogP contribution in [0.3, 0.4) is 0 Å². The second-order valence-corrected chi connectivity index (χ2v) is 10.3. The van der Waals surface area contributed by atoms with Gasteiger partial charge in [0.25, 0.3) is 0 Å². The molecule has 1 N–H and O–H groups in total. The minimum Gasteiger partial charge on any atom is -0.392 e. The molecule has 2 aliphatic carbocycles. The molecule has 1 unspecified atom stereocenters. The minimum atomic E-state index is -0.722. The smallest absolute Gasteiger partial charge is 0.128 e. The average Bonchev–Trinajstić information content (AvgIpc) is 3.56. The molecule has 5 heteroatoms. The quantitative estimate of drug-likeness (QED) is 0.538. The van der Waals surface area contributed by atoms with E-state index in [0.29, 0.717) is 6.42 Å². The van der Waals surface area contributed by atoms with E-state index in [1.165, 1.54) is 12.1 Å². The Bertz CT molecular complexity index is 1050. The standard InChI is InChI=1S/C27H30FNO3/c1-25-12-11-24(31)26(2,16-30)22(25)10-13-27(17-32-27)23(25)9-8-21-7-6-19(15-29-21)18-4-3-5-20(28)14-18/h3-9,14-16,22-24,31H,10-13,17H2,1-2H3/b9-8+/t22-,23-,24+,25+,26-,27?/m0/s1. The van der Waals surface area contributed by atoms with E-state index in [9.17, 15) is 14.3 Å². The zero-order valence-corrected chi connectivity index (χ0v) is 18.6. The van der Waals surface area contributed by atoms with Gasteiger partial charge in [-0.15, -0.1) is 0 Å². The lowest BCUT2D eigenvalue weighted by atomic mass is 9.45. The van der Waals surface area contributed by atoms with Gasteiger partial charge in [0, 0.05) is 17.7 Å². The van der Waals surface area contributed by atoms with E-state index in [1.54, 1.807) is 12.3 Å². The number of fused-ring (bicyclic) bond motifs is 1. The molecule has 1 aromatic heterocycles. The van der Waals surface area contributed by atoms with E-state index in [-0.39, 0.29) is 28.7 Å². The van der Waals surface area contributed by atoms with Gasteiger partial charge < -0.3 is 14.6 Å². The number of pyridine rings is 1. The van der Waals surface area contributed by atoms with E-state index in [0.717, 1.165) is 49.0 Å². The van der Waals surface area contributed by atoms with Crippen LogP contribution in [0.2, 0.25) is 0 Å². The molecule has 2 heterocycles. The van der Waals surface area contributed by atoms with Crippen molar-refractivity contribution in [3.63, 3.8) is 0 Å². The van der Waals surface area contributed by atoms with Crippen molar-refractivity contribution in [2.24, 2.45) is 22.7 Å². The van der Waals surface area contributed by atoms with Crippen LogP contribution in [0.1, 0.15) is 45.2 Å². The maximum Gasteiger partial charge on any atom is 0.128 e. The van der Waals surface area contributed by atoms with Crippen LogP contribution in [0, 0.1) is 28.5 Å². The van der Waals surface area contributed by atoms with Crippen molar-refractivity contribution in [3.8, 4) is 11.1 Å². The second kappa shape index (κ2) is 7.60. The molecule has 6 atom stereocenters. The minimum absolute atomic E-state index is 0.115. The van der Waals surface area contributed by atoms with E-state index in [1.807, 2.05) is 31.2 Å². The van der Waals surface area contributed by atoms with E-state index >= 15 is 0 Å². The molecule has 2 aromatic rings. The summed E-state index contributed by atoms with van der Waals surface area (Å²) < 4.78 is 19.5. The maximum absolute atomic E-state index is 13.5. The number of benzene rings is 1. The van der Waals surface area contributed by atoms with Crippen LogP contribution in [0.5, 0.6) is 0 Å². The summed E-state index contributed by atoms with van der Waals surface area (Å²) in [4.78, 5) is 16.7. The summed E-state index contributed by atoms with van der Waals surface area (Å²) >= 11 is 0. The molecule has 0 bridgehead atoms. The van der Waals surface area contributed by atoms with Crippen molar-refractivity contribution >= 4 is 12.4 Å². The molecule has 3 aliphatic rings. The van der Waals surface area contributed by atoms with Crippen LogP contribution >= 0.6 is 0 Å². The molecule has 5 rings (SSSR count). The largest absolute Gasteiger partial charge is 0.392 e. The van der Waals surface area contributed by atoms with Crippen LogP contribution < -0.4 is 0 Å². The summed E-state index contributed by atoms with van der Waals surface area (Å²) in [5.41, 5.74) is 1.50. The van der Waals surface area contributed by atoms with Gasteiger partial charge in [0.1, 0.15) is 12.1 Å². The van der Waals surface area contributed by atoms with Crippen molar-refractivity contribution in [1.82, 2.24) is 4.98 Å². The van der Waals surface area contributed by atoms with Crippen LogP contribution in [-0.2, 0) is 9.53 Å². The van der Waals surface area contributed by atoms with Crippen LogP contribution in [0.15, 0.2) is 48.7 Å². The molecule has 2 saturated carbocycles. The van der Waals surface area contributed by atoms with Crippen LogP contribution in [0.25, 0.3) is 17.2 Å². The molecule has 1 aromatic carbocycles. The molecule has 4 nitrogen and oxygen atoms in total. The number of aldehydes is 1. The molecule has 1 aliphatic heterocycles. The monoisotopic (exact) mass is 435 g/mol. The lowest BCUT2D eigenvalue weighted by molar-refractivity contribution is -0.160. The molecule has 1 saturated heterocycles. The van der Waals surface area contributed by atoms with Crippen molar-refractivity contribution in [2.75, 3.05) is 6.61 Å². The number of hydrogen-bond donors (Lipinski definition) is 1. The maximum atomic E-state index is 13.5. The Balaban J connectivity index is 1.43. The lowest BCUT2D eigenvalue weighted by Gasteiger charge is -2.59. The molecule has 0 radical (unpaired) electrons. The Kier molecular flexibility index (Phi) is 5.10. The SMILES string of the molecule is C[C@@]1(C=O)[C@H](O)CC[C@@]2(C)[C@H](/C=C/c3ccc(-c4cccc(F)c4)cn3)C3(CC[C@H]12)CO3. The van der Waals surface area contributed by atoms with Crippen LogP contribution in [-0.4, -0.2) is 34.7 Å². The molecule has 0 amide bonds. The predicted octanol–water partition coefficient (Wildman–Crippen LogP) is 5.06. The number of rotatable bonds is 4. The normalized spacial score (nSPS) is 38.6. The first kappa shape index (κ1) is 21.5. The number of halogens is 1. The molecule has 168 valence electrons. The fraction of sp³-hybridized carbons (Fsp3) is 0.481. The number of aliphatic hydroxyl groups excluding tert-OH is 1. The summed E-state index contributed by atoms with van der Waals surface area (Å²) in [5, 5.41) is 10.6. The zero-order chi connectivity index (χ0) is 22.6. The third-order valence-corrected chi connectivity index (χ3v) is 8.53. The molecular weight excluding hydrogens is 405 g/mol. The first-order valence-corrected chi connectivity index (χ1v) is 11.5. The topological polar surface area (TPSA) is 62.7 Å². The average molecular weight is 436 g/mol. The summed E-state index contributed by atoms with van der Waals surface area (Å²) in [6.07, 6.45) is 9.72. The third-order valence-electron chi connectivity index (χ3n) is 8.53. The number of carbonyl (C=O) groups is 1. The Labute approximate surface area is 188 Å². The number of carbonyl (C=O) groups excluding carboxylic acids is 1. The predicted molar refractivity (Wildman–Crippen MR) is 121 cm³/mol. The fourth-order valence-corrected chi connectivity index (χ4v) is 6.54. The second-order valence-electron chi connectivity index (χ2n) is 10.3. The van der Waals surface area contributed by atoms with Gasteiger partial charge in [-0.2, -0.15) is 0 Å². The molecule has 32 heavy (non-hydrogen) atoms. The Morgan fingerprint density at radius 1 is 1.16 bits per heavy atom. The summed E-state index contributed by atoms with van der Waals surface area (Å²) in [6, 6.07) is 10.4. The van der Waals surface area contributed by atoms with Crippen molar-refractivity contribution in [3.05, 3.63) is 60.2 Å². The van der Waals surface area contributed by atoms with Gasteiger partial charge in [-0.05, 0) is 66.9 Å². The van der Waals surface area contributed by atoms with Crippen LogP contribution in [0.4, 0.5) is 4.39 Å². The van der Waals surface area contributed by atoms with Gasteiger partial charge in [0.05, 0.1) is 29.4 Å².